The van der Waals surface area contributed by atoms with Gasteiger partial charge in [0, 0.05) is 16.8 Å². The summed E-state index contributed by atoms with van der Waals surface area (Å²) in [4.78, 5) is 27.1. The molecule has 6 nitrogen and oxygen atoms in total. The van der Waals surface area contributed by atoms with Crippen LogP contribution < -0.4 is 14.4 Å². The normalized spacial score (nSPS) is 10.8. The fraction of sp³-hybridized carbons (Fsp3) is 0.286. The monoisotopic (exact) mass is 529 g/mol. The van der Waals surface area contributed by atoms with Gasteiger partial charge >= 0.3 is 5.97 Å². The minimum Gasteiger partial charge on any atom is -0.496 e. The van der Waals surface area contributed by atoms with Crippen molar-refractivity contribution < 1.29 is 23.8 Å². The molecule has 0 N–H and O–H groups in total. The van der Waals surface area contributed by atoms with Gasteiger partial charge in [-0.25, -0.2) is 0 Å². The summed E-state index contributed by atoms with van der Waals surface area (Å²) in [5, 5.41) is 0.372. The van der Waals surface area contributed by atoms with Gasteiger partial charge in [-0.3, -0.25) is 14.5 Å². The molecule has 0 aromatic heterocycles. The van der Waals surface area contributed by atoms with Gasteiger partial charge in [-0.2, -0.15) is 0 Å². The van der Waals surface area contributed by atoms with Crippen LogP contribution in [0.15, 0.2) is 54.6 Å². The first-order chi connectivity index (χ1) is 17.2. The predicted molar refractivity (Wildman–Crippen MR) is 143 cm³/mol. The second kappa shape index (κ2) is 12.2. The summed E-state index contributed by atoms with van der Waals surface area (Å²) in [5.41, 5.74) is 2.54. The van der Waals surface area contributed by atoms with Gasteiger partial charge in [0.2, 0.25) is 0 Å². The van der Waals surface area contributed by atoms with Crippen molar-refractivity contribution in [3.8, 4) is 17.2 Å². The number of carbonyl (C=O) groups is 2. The second-order valence-electron chi connectivity index (χ2n) is 8.41. The Balaban J connectivity index is 1.99. The maximum Gasteiger partial charge on any atom is 0.326 e. The largest absolute Gasteiger partial charge is 0.496 e. The van der Waals surface area contributed by atoms with Crippen molar-refractivity contribution in [2.24, 2.45) is 0 Å². The summed E-state index contributed by atoms with van der Waals surface area (Å²) in [6.45, 7) is 7.53. The summed E-state index contributed by atoms with van der Waals surface area (Å²) in [6, 6.07) is 15.7. The third-order valence-corrected chi connectivity index (χ3v) is 6.11. The van der Waals surface area contributed by atoms with E-state index in [9.17, 15) is 9.59 Å². The van der Waals surface area contributed by atoms with Crippen molar-refractivity contribution in [1.82, 2.24) is 0 Å². The van der Waals surface area contributed by atoms with Crippen LogP contribution in [0.2, 0.25) is 10.0 Å². The molecule has 0 bridgehead atoms. The molecule has 0 saturated heterocycles. The summed E-state index contributed by atoms with van der Waals surface area (Å²) in [6.07, 6.45) is 0. The first-order valence-electron chi connectivity index (χ1n) is 11.5. The molecular formula is C28H29Cl2NO5. The number of hydrogen-bond donors (Lipinski definition) is 0. The molecular weight excluding hydrogens is 501 g/mol. The molecule has 0 heterocycles. The highest BCUT2D eigenvalue weighted by Gasteiger charge is 2.25. The van der Waals surface area contributed by atoms with Gasteiger partial charge in [0.05, 0.1) is 23.8 Å². The summed E-state index contributed by atoms with van der Waals surface area (Å²) in [7, 11) is 1.62. The standard InChI is InChI=1S/C28H29Cl2NO5/c1-6-35-26(32)16-31(28(33)21-10-8-7-9-18(21)4)19-13-23(29)27(24(30)14-19)36-20-11-12-25(34-5)22(15-20)17(2)3/h7-15,17H,6,16H2,1-5H3. The van der Waals surface area contributed by atoms with Crippen molar-refractivity contribution in [3.63, 3.8) is 0 Å². The van der Waals surface area contributed by atoms with Gasteiger partial charge in [0.1, 0.15) is 18.0 Å². The zero-order chi connectivity index (χ0) is 26.4. The lowest BCUT2D eigenvalue weighted by atomic mass is 10.0. The Morgan fingerprint density at radius 1 is 1.00 bits per heavy atom. The van der Waals surface area contributed by atoms with Crippen LogP contribution in [0, 0.1) is 6.92 Å². The third kappa shape index (κ3) is 6.31. The molecule has 8 heteroatoms. The summed E-state index contributed by atoms with van der Waals surface area (Å²) in [5.74, 6) is 0.817. The molecule has 0 spiro atoms. The lowest BCUT2D eigenvalue weighted by Gasteiger charge is -2.24. The molecule has 0 aliphatic rings. The summed E-state index contributed by atoms with van der Waals surface area (Å²) >= 11 is 13.2. The zero-order valence-corrected chi connectivity index (χ0v) is 22.4. The van der Waals surface area contributed by atoms with Gasteiger partial charge in [-0.1, -0.05) is 55.2 Å². The van der Waals surface area contributed by atoms with E-state index in [1.54, 1.807) is 44.4 Å². The van der Waals surface area contributed by atoms with E-state index in [0.717, 1.165) is 16.9 Å². The highest BCUT2D eigenvalue weighted by Crippen LogP contribution is 2.41. The lowest BCUT2D eigenvalue weighted by molar-refractivity contribution is -0.141. The average Bonchev–Trinajstić information content (AvgIpc) is 2.84. The number of aryl methyl sites for hydroxylation is 1. The smallest absolute Gasteiger partial charge is 0.326 e. The highest BCUT2D eigenvalue weighted by atomic mass is 35.5. The Morgan fingerprint density at radius 3 is 2.25 bits per heavy atom. The molecule has 0 aliphatic carbocycles. The molecule has 0 radical (unpaired) electrons. The Labute approximate surface area is 221 Å². The van der Waals surface area contributed by atoms with Crippen LogP contribution in [0.5, 0.6) is 17.2 Å². The highest BCUT2D eigenvalue weighted by molar-refractivity contribution is 6.37. The van der Waals surface area contributed by atoms with Gasteiger partial charge in [-0.05, 0) is 61.7 Å². The average molecular weight is 530 g/mol. The number of nitrogens with zero attached hydrogens (tertiary/aromatic N) is 1. The van der Waals surface area contributed by atoms with Crippen molar-refractivity contribution >= 4 is 40.8 Å². The van der Waals surface area contributed by atoms with E-state index in [1.165, 1.54) is 4.90 Å². The lowest BCUT2D eigenvalue weighted by Crippen LogP contribution is -2.37. The van der Waals surface area contributed by atoms with E-state index in [1.807, 2.05) is 31.2 Å². The molecule has 0 unspecified atom stereocenters. The Hall–Kier alpha value is -3.22. The van der Waals surface area contributed by atoms with Crippen LogP contribution in [-0.2, 0) is 9.53 Å². The fourth-order valence-electron chi connectivity index (χ4n) is 3.72. The number of methoxy groups -OCH3 is 1. The molecule has 190 valence electrons. The molecule has 3 rings (SSSR count). The predicted octanol–water partition coefficient (Wildman–Crippen LogP) is 7.44. The third-order valence-electron chi connectivity index (χ3n) is 5.55. The maximum atomic E-state index is 13.5. The molecule has 3 aromatic carbocycles. The Kier molecular flexibility index (Phi) is 9.24. The topological polar surface area (TPSA) is 65.1 Å². The van der Waals surface area contributed by atoms with Gasteiger partial charge < -0.3 is 14.2 Å². The summed E-state index contributed by atoms with van der Waals surface area (Å²) < 4.78 is 16.6. The quantitative estimate of drug-likeness (QED) is 0.269. The number of esters is 1. The Morgan fingerprint density at radius 2 is 1.67 bits per heavy atom. The first kappa shape index (κ1) is 27.4. The van der Waals surface area contributed by atoms with Crippen molar-refractivity contribution in [2.75, 3.05) is 25.2 Å². The number of anilines is 1. The van der Waals surface area contributed by atoms with Crippen molar-refractivity contribution in [2.45, 2.75) is 33.6 Å². The first-order valence-corrected chi connectivity index (χ1v) is 12.3. The molecule has 36 heavy (non-hydrogen) atoms. The molecule has 0 saturated carbocycles. The van der Waals surface area contributed by atoms with E-state index in [0.29, 0.717) is 17.0 Å². The number of hydrogen-bond acceptors (Lipinski definition) is 5. The van der Waals surface area contributed by atoms with Crippen molar-refractivity contribution in [3.05, 3.63) is 81.3 Å². The molecule has 0 fully saturated rings. The zero-order valence-electron chi connectivity index (χ0n) is 20.9. The van der Waals surface area contributed by atoms with Crippen LogP contribution in [0.3, 0.4) is 0 Å². The number of benzene rings is 3. The molecule has 0 atom stereocenters. The second-order valence-corrected chi connectivity index (χ2v) is 9.22. The number of carbonyl (C=O) groups excluding carboxylic acids is 2. The minimum atomic E-state index is -0.550. The molecule has 3 aromatic rings. The van der Waals surface area contributed by atoms with E-state index in [-0.39, 0.29) is 40.8 Å². The van der Waals surface area contributed by atoms with Gasteiger partial charge in [0.15, 0.2) is 5.75 Å². The van der Waals surface area contributed by atoms with E-state index < -0.39 is 5.97 Å². The molecule has 0 aliphatic heterocycles. The number of rotatable bonds is 9. The Bertz CT molecular complexity index is 1240. The number of amides is 1. The number of halogens is 2. The maximum absolute atomic E-state index is 13.5. The van der Waals surface area contributed by atoms with E-state index >= 15 is 0 Å². The molecule has 1 amide bonds. The van der Waals surface area contributed by atoms with Gasteiger partial charge in [0.25, 0.3) is 5.91 Å². The fourth-order valence-corrected chi connectivity index (χ4v) is 4.27. The van der Waals surface area contributed by atoms with Crippen LogP contribution >= 0.6 is 23.2 Å². The van der Waals surface area contributed by atoms with Crippen LogP contribution in [0.1, 0.15) is 48.2 Å². The SMILES string of the molecule is CCOC(=O)CN(C(=O)c1ccccc1C)c1cc(Cl)c(Oc2ccc(OC)c(C(C)C)c2)c(Cl)c1. The van der Waals surface area contributed by atoms with Crippen LogP contribution in [0.25, 0.3) is 0 Å². The van der Waals surface area contributed by atoms with E-state index in [2.05, 4.69) is 13.8 Å². The van der Waals surface area contributed by atoms with Crippen LogP contribution in [-0.4, -0.2) is 32.1 Å². The minimum absolute atomic E-state index is 0.186. The van der Waals surface area contributed by atoms with Gasteiger partial charge in [-0.15, -0.1) is 0 Å². The van der Waals surface area contributed by atoms with Crippen molar-refractivity contribution in [1.29, 1.82) is 0 Å². The number of ether oxygens (including phenoxy) is 3. The van der Waals surface area contributed by atoms with E-state index in [4.69, 9.17) is 37.4 Å². The van der Waals surface area contributed by atoms with Crippen LogP contribution in [0.4, 0.5) is 5.69 Å².